The molecule has 2 N–H and O–H groups in total. The molecule has 1 aromatic heterocycles. The first-order valence-corrected chi connectivity index (χ1v) is 12.8. The number of amides is 1. The van der Waals surface area contributed by atoms with Crippen LogP contribution in [0.5, 0.6) is 11.5 Å². The molecule has 0 spiro atoms. The van der Waals surface area contributed by atoms with Gasteiger partial charge in [0.1, 0.15) is 18.0 Å². The first kappa shape index (κ1) is 28.2. The number of piperazine rings is 1. The summed E-state index contributed by atoms with van der Waals surface area (Å²) in [5, 5.41) is 20.8. The predicted octanol–water partition coefficient (Wildman–Crippen LogP) is 4.21. The van der Waals surface area contributed by atoms with Gasteiger partial charge in [0.25, 0.3) is 5.91 Å². The lowest BCUT2D eigenvalue weighted by molar-refractivity contribution is -0.123. The Morgan fingerprint density at radius 3 is 2.28 bits per heavy atom. The Bertz CT molecular complexity index is 1300. The Kier molecular flexibility index (Phi) is 8.34. The van der Waals surface area contributed by atoms with E-state index in [9.17, 15) is 23.1 Å². The van der Waals surface area contributed by atoms with Crippen molar-refractivity contribution in [2.75, 3.05) is 51.3 Å². The highest BCUT2D eigenvalue weighted by molar-refractivity contribution is 5.92. The minimum atomic E-state index is -4.59. The molecule has 0 aliphatic carbocycles. The standard InChI is InChI=1S/C27H33F3N6O3/c1-5-34-10-12-35(13-11-34)18-6-8-19(9-7-18)36-24(32-33-25(36)26(38)31-16-27(28,29)30)21-14-20(17(2)3)23(39-4)15-22(21)37/h6-9,14-15,17,37H,5,10-13,16H2,1-4H3,(H,31,38). The number of hydrogen-bond donors (Lipinski definition) is 2. The van der Waals surface area contributed by atoms with Gasteiger partial charge in [0.15, 0.2) is 5.82 Å². The highest BCUT2D eigenvalue weighted by Crippen LogP contribution is 2.39. The maximum absolute atomic E-state index is 12.8. The van der Waals surface area contributed by atoms with Gasteiger partial charge in [0.2, 0.25) is 5.82 Å². The lowest BCUT2D eigenvalue weighted by atomic mass is 9.98. The van der Waals surface area contributed by atoms with Crippen molar-refractivity contribution in [2.24, 2.45) is 0 Å². The van der Waals surface area contributed by atoms with E-state index in [1.54, 1.807) is 18.2 Å². The number of aromatic nitrogens is 3. The van der Waals surface area contributed by atoms with Gasteiger partial charge in [0.05, 0.1) is 12.7 Å². The zero-order valence-corrected chi connectivity index (χ0v) is 22.4. The number of benzene rings is 2. The molecule has 0 bridgehead atoms. The molecule has 12 heteroatoms. The van der Waals surface area contributed by atoms with Crippen molar-refractivity contribution in [1.29, 1.82) is 0 Å². The Labute approximate surface area is 225 Å². The number of rotatable bonds is 8. The molecular weight excluding hydrogens is 513 g/mol. The largest absolute Gasteiger partial charge is 0.507 e. The molecule has 1 fully saturated rings. The van der Waals surface area contributed by atoms with E-state index < -0.39 is 18.6 Å². The number of aromatic hydroxyl groups is 1. The fraction of sp³-hybridized carbons (Fsp3) is 0.444. The summed E-state index contributed by atoms with van der Waals surface area (Å²) in [7, 11) is 1.50. The second-order valence-electron chi connectivity index (χ2n) is 9.68. The molecule has 3 aromatic rings. The third kappa shape index (κ3) is 6.27. The van der Waals surface area contributed by atoms with E-state index in [4.69, 9.17) is 4.74 Å². The minimum Gasteiger partial charge on any atom is -0.507 e. The molecule has 2 aromatic carbocycles. The van der Waals surface area contributed by atoms with Crippen molar-refractivity contribution in [1.82, 2.24) is 25.0 Å². The van der Waals surface area contributed by atoms with Crippen molar-refractivity contribution in [3.05, 3.63) is 47.8 Å². The quantitative estimate of drug-likeness (QED) is 0.437. The van der Waals surface area contributed by atoms with Crippen LogP contribution in [-0.2, 0) is 0 Å². The Hall–Kier alpha value is -3.80. The molecule has 1 amide bonds. The number of hydrogen-bond acceptors (Lipinski definition) is 7. The number of carbonyl (C=O) groups is 1. The monoisotopic (exact) mass is 546 g/mol. The van der Waals surface area contributed by atoms with Crippen LogP contribution in [0.25, 0.3) is 17.1 Å². The summed E-state index contributed by atoms with van der Waals surface area (Å²) in [5.74, 6) is -0.926. The number of phenolic OH excluding ortho intramolecular Hbond substituents is 1. The summed E-state index contributed by atoms with van der Waals surface area (Å²) in [4.78, 5) is 17.5. The number of phenols is 1. The third-order valence-electron chi connectivity index (χ3n) is 6.82. The number of nitrogens with zero attached hydrogens (tertiary/aromatic N) is 5. The number of anilines is 1. The summed E-state index contributed by atoms with van der Waals surface area (Å²) in [6.07, 6.45) is -4.59. The van der Waals surface area contributed by atoms with Crippen molar-refractivity contribution < 1.29 is 27.8 Å². The molecule has 39 heavy (non-hydrogen) atoms. The summed E-state index contributed by atoms with van der Waals surface area (Å²) in [6, 6.07) is 10.5. The number of methoxy groups -OCH3 is 1. The Balaban J connectivity index is 1.77. The van der Waals surface area contributed by atoms with Gasteiger partial charge in [-0.25, -0.2) is 0 Å². The Morgan fingerprint density at radius 1 is 1.08 bits per heavy atom. The van der Waals surface area contributed by atoms with Crippen LogP contribution >= 0.6 is 0 Å². The van der Waals surface area contributed by atoms with Gasteiger partial charge in [-0.15, -0.1) is 10.2 Å². The van der Waals surface area contributed by atoms with Crippen LogP contribution < -0.4 is 15.0 Å². The molecule has 0 atom stereocenters. The molecule has 2 heterocycles. The van der Waals surface area contributed by atoms with Gasteiger partial charge >= 0.3 is 6.18 Å². The topological polar surface area (TPSA) is 95.8 Å². The number of halogens is 3. The van der Waals surface area contributed by atoms with Crippen LogP contribution in [0, 0.1) is 0 Å². The smallest absolute Gasteiger partial charge is 0.405 e. The summed E-state index contributed by atoms with van der Waals surface area (Å²) in [6.45, 7) is 9.17. The molecule has 1 saturated heterocycles. The number of ether oxygens (including phenoxy) is 1. The molecule has 0 saturated carbocycles. The van der Waals surface area contributed by atoms with E-state index >= 15 is 0 Å². The van der Waals surface area contributed by atoms with E-state index in [1.165, 1.54) is 17.7 Å². The average molecular weight is 547 g/mol. The van der Waals surface area contributed by atoms with Gasteiger partial charge < -0.3 is 25.0 Å². The molecule has 1 aliphatic heterocycles. The van der Waals surface area contributed by atoms with Crippen LogP contribution in [0.4, 0.5) is 18.9 Å². The highest BCUT2D eigenvalue weighted by Gasteiger charge is 2.30. The fourth-order valence-electron chi connectivity index (χ4n) is 4.64. The van der Waals surface area contributed by atoms with Gasteiger partial charge in [-0.05, 0) is 48.4 Å². The zero-order chi connectivity index (χ0) is 28.3. The molecule has 0 unspecified atom stereocenters. The first-order valence-electron chi connectivity index (χ1n) is 12.8. The van der Waals surface area contributed by atoms with Crippen LogP contribution in [0.2, 0.25) is 0 Å². The maximum atomic E-state index is 12.8. The van der Waals surface area contributed by atoms with Crippen LogP contribution in [0.3, 0.4) is 0 Å². The van der Waals surface area contributed by atoms with E-state index in [1.807, 2.05) is 31.3 Å². The van der Waals surface area contributed by atoms with Crippen molar-refractivity contribution in [2.45, 2.75) is 32.9 Å². The van der Waals surface area contributed by atoms with E-state index in [0.717, 1.165) is 44.0 Å². The van der Waals surface area contributed by atoms with E-state index in [2.05, 4.69) is 26.9 Å². The van der Waals surface area contributed by atoms with Gasteiger partial charge in [-0.2, -0.15) is 13.2 Å². The maximum Gasteiger partial charge on any atom is 0.405 e. The SMILES string of the molecule is CCN1CCN(c2ccc(-n3c(C(=O)NCC(F)(F)F)nnc3-c3cc(C(C)C)c(OC)cc3O)cc2)CC1. The second kappa shape index (κ2) is 11.5. The van der Waals surface area contributed by atoms with E-state index in [0.29, 0.717) is 11.4 Å². The van der Waals surface area contributed by atoms with Gasteiger partial charge in [-0.1, -0.05) is 20.8 Å². The number of likely N-dealkylation sites (N-methyl/N-ethyl adjacent to an activating group) is 1. The lowest BCUT2D eigenvalue weighted by Crippen LogP contribution is -2.46. The van der Waals surface area contributed by atoms with Crippen molar-refractivity contribution >= 4 is 11.6 Å². The summed E-state index contributed by atoms with van der Waals surface area (Å²) >= 11 is 0. The normalized spacial score (nSPS) is 14.6. The van der Waals surface area contributed by atoms with Crippen LogP contribution in [0.1, 0.15) is 42.9 Å². The van der Waals surface area contributed by atoms with Gasteiger partial charge in [0, 0.05) is 43.6 Å². The van der Waals surface area contributed by atoms with E-state index in [-0.39, 0.29) is 28.9 Å². The molecule has 210 valence electrons. The Morgan fingerprint density at radius 2 is 1.72 bits per heavy atom. The predicted molar refractivity (Wildman–Crippen MR) is 142 cm³/mol. The fourth-order valence-corrected chi connectivity index (χ4v) is 4.64. The van der Waals surface area contributed by atoms with Crippen LogP contribution in [0.15, 0.2) is 36.4 Å². The number of nitrogens with one attached hydrogen (secondary N) is 1. The number of alkyl halides is 3. The average Bonchev–Trinajstić information content (AvgIpc) is 3.36. The van der Waals surface area contributed by atoms with Crippen molar-refractivity contribution in [3.8, 4) is 28.6 Å². The lowest BCUT2D eigenvalue weighted by Gasteiger charge is -2.35. The zero-order valence-electron chi connectivity index (χ0n) is 22.4. The molecule has 0 radical (unpaired) electrons. The van der Waals surface area contributed by atoms with Crippen LogP contribution in [-0.4, -0.2) is 83.2 Å². The highest BCUT2D eigenvalue weighted by atomic mass is 19.4. The third-order valence-corrected chi connectivity index (χ3v) is 6.82. The van der Waals surface area contributed by atoms with Crippen molar-refractivity contribution in [3.63, 3.8) is 0 Å². The molecule has 1 aliphatic rings. The summed E-state index contributed by atoms with van der Waals surface area (Å²) < 4.78 is 45.2. The number of carbonyl (C=O) groups excluding carboxylic acids is 1. The molecular formula is C27H33F3N6O3. The second-order valence-corrected chi connectivity index (χ2v) is 9.68. The molecule has 9 nitrogen and oxygen atoms in total. The first-order chi connectivity index (χ1) is 18.5. The molecule has 4 rings (SSSR count). The van der Waals surface area contributed by atoms with Gasteiger partial charge in [-0.3, -0.25) is 9.36 Å². The minimum absolute atomic E-state index is 0.0256. The summed E-state index contributed by atoms with van der Waals surface area (Å²) in [5.41, 5.74) is 2.50.